The molecule has 4 rings (SSSR count). The Kier molecular flexibility index (Phi) is 5.94. The number of para-hydroxylation sites is 1. The van der Waals surface area contributed by atoms with Crippen LogP contribution in [0.2, 0.25) is 0 Å². The van der Waals surface area contributed by atoms with E-state index >= 15 is 0 Å². The number of ether oxygens (including phenoxy) is 2. The van der Waals surface area contributed by atoms with Crippen molar-refractivity contribution in [3.63, 3.8) is 0 Å². The lowest BCUT2D eigenvalue weighted by Gasteiger charge is -2.21. The summed E-state index contributed by atoms with van der Waals surface area (Å²) < 4.78 is 14.6. The van der Waals surface area contributed by atoms with E-state index in [4.69, 9.17) is 26.0 Å². The van der Waals surface area contributed by atoms with E-state index in [-0.39, 0.29) is 5.82 Å². The minimum absolute atomic E-state index is 0.285. The third-order valence-corrected chi connectivity index (χ3v) is 5.21. The zero-order chi connectivity index (χ0) is 23.8. The predicted molar refractivity (Wildman–Crippen MR) is 127 cm³/mol. The highest BCUT2D eigenvalue weighted by molar-refractivity contribution is 6.04. The first-order chi connectivity index (χ1) is 15.7. The van der Waals surface area contributed by atoms with Gasteiger partial charge in [-0.15, -0.1) is 0 Å². The number of anilines is 1. The molecule has 0 amide bonds. The molecule has 0 atom stereocenters. The zero-order valence-electron chi connectivity index (χ0n) is 19.3. The standard InChI is InChI=1S/C23H29N7O3/c1-23(2,3)33-22(31)30-15(12-14-8-7-9-16(32-4)19(14)30)18-17-20(25)26-13-27-21(17)29(28-18)11-6-5-10-24/h7-9,12-13H,5-6,10-11,24H2,1-4H3,(H2,25,26,27). The van der Waals surface area contributed by atoms with E-state index in [0.717, 1.165) is 18.2 Å². The minimum atomic E-state index is -0.696. The van der Waals surface area contributed by atoms with Crippen molar-refractivity contribution in [2.45, 2.75) is 45.8 Å². The largest absolute Gasteiger partial charge is 0.495 e. The lowest BCUT2D eigenvalue weighted by Crippen LogP contribution is -2.27. The van der Waals surface area contributed by atoms with Crippen LogP contribution in [0.3, 0.4) is 0 Å². The maximum atomic E-state index is 13.4. The number of aromatic nitrogens is 5. The molecule has 0 saturated carbocycles. The molecular formula is C23H29N7O3. The highest BCUT2D eigenvalue weighted by atomic mass is 16.6. The van der Waals surface area contributed by atoms with Gasteiger partial charge in [0.25, 0.3) is 0 Å². The van der Waals surface area contributed by atoms with Crippen LogP contribution in [0.5, 0.6) is 5.75 Å². The smallest absolute Gasteiger partial charge is 0.419 e. The number of nitrogen functional groups attached to an aromatic ring is 1. The van der Waals surface area contributed by atoms with Gasteiger partial charge in [-0.3, -0.25) is 0 Å². The summed E-state index contributed by atoms with van der Waals surface area (Å²) in [6.45, 7) is 6.67. The molecule has 3 heterocycles. The summed E-state index contributed by atoms with van der Waals surface area (Å²) in [5.74, 6) is 0.827. The van der Waals surface area contributed by atoms with Crippen LogP contribution in [0.1, 0.15) is 33.6 Å². The van der Waals surface area contributed by atoms with E-state index < -0.39 is 11.7 Å². The third-order valence-electron chi connectivity index (χ3n) is 5.21. The summed E-state index contributed by atoms with van der Waals surface area (Å²) in [5, 5.41) is 6.19. The first kappa shape index (κ1) is 22.5. The second-order valence-electron chi connectivity index (χ2n) is 8.77. The Hall–Kier alpha value is -3.66. The highest BCUT2D eigenvalue weighted by Crippen LogP contribution is 2.37. The number of rotatable bonds is 6. The highest BCUT2D eigenvalue weighted by Gasteiger charge is 2.28. The first-order valence-electron chi connectivity index (χ1n) is 10.8. The molecule has 4 aromatic rings. The number of hydrogen-bond donors (Lipinski definition) is 2. The number of nitrogens with two attached hydrogens (primary N) is 2. The maximum absolute atomic E-state index is 13.4. The van der Waals surface area contributed by atoms with Crippen molar-refractivity contribution in [1.29, 1.82) is 0 Å². The Morgan fingerprint density at radius 3 is 2.67 bits per heavy atom. The fraction of sp³-hybridized carbons (Fsp3) is 0.391. The summed E-state index contributed by atoms with van der Waals surface area (Å²) in [7, 11) is 1.56. The molecule has 174 valence electrons. The first-order valence-corrected chi connectivity index (χ1v) is 10.8. The fourth-order valence-corrected chi connectivity index (χ4v) is 3.84. The quantitative estimate of drug-likeness (QED) is 0.425. The van der Waals surface area contributed by atoms with Gasteiger partial charge in [0.15, 0.2) is 5.65 Å². The number of nitrogens with zero attached hydrogens (tertiary/aromatic N) is 5. The number of hydrogen-bond acceptors (Lipinski definition) is 8. The van der Waals surface area contributed by atoms with Crippen molar-refractivity contribution >= 4 is 33.8 Å². The lowest BCUT2D eigenvalue weighted by atomic mass is 10.2. The summed E-state index contributed by atoms with van der Waals surface area (Å²) in [5.41, 5.74) is 13.4. The van der Waals surface area contributed by atoms with Crippen molar-refractivity contribution in [3.05, 3.63) is 30.6 Å². The molecule has 0 spiro atoms. The molecule has 4 N–H and O–H groups in total. The average molecular weight is 452 g/mol. The van der Waals surface area contributed by atoms with E-state index in [1.807, 2.05) is 39.0 Å². The normalized spacial score (nSPS) is 11.9. The molecule has 33 heavy (non-hydrogen) atoms. The maximum Gasteiger partial charge on any atom is 0.419 e. The van der Waals surface area contributed by atoms with Crippen molar-refractivity contribution in [3.8, 4) is 17.1 Å². The summed E-state index contributed by atoms with van der Waals surface area (Å²) in [6.07, 6.45) is 2.56. The van der Waals surface area contributed by atoms with E-state index in [0.29, 0.717) is 46.8 Å². The van der Waals surface area contributed by atoms with Gasteiger partial charge >= 0.3 is 6.09 Å². The van der Waals surface area contributed by atoms with Gasteiger partial charge in [0.1, 0.15) is 34.7 Å². The molecule has 0 saturated heterocycles. The van der Waals surface area contributed by atoms with Crippen LogP contribution < -0.4 is 16.2 Å². The topological polar surface area (TPSA) is 136 Å². The molecule has 0 radical (unpaired) electrons. The van der Waals surface area contributed by atoms with E-state index in [9.17, 15) is 4.79 Å². The molecule has 10 heteroatoms. The molecule has 0 aliphatic carbocycles. The van der Waals surface area contributed by atoms with E-state index in [2.05, 4.69) is 9.97 Å². The third kappa shape index (κ3) is 4.21. The molecule has 3 aromatic heterocycles. The van der Waals surface area contributed by atoms with Gasteiger partial charge in [-0.05, 0) is 52.3 Å². The van der Waals surface area contributed by atoms with Gasteiger partial charge < -0.3 is 20.9 Å². The van der Waals surface area contributed by atoms with Gasteiger partial charge in [0.2, 0.25) is 0 Å². The molecular weight excluding hydrogens is 422 g/mol. The Balaban J connectivity index is 2.00. The number of fused-ring (bicyclic) bond motifs is 2. The van der Waals surface area contributed by atoms with Gasteiger partial charge in [-0.2, -0.15) is 5.10 Å². The Labute approximate surface area is 191 Å². The second-order valence-corrected chi connectivity index (χ2v) is 8.77. The van der Waals surface area contributed by atoms with Crippen LogP contribution >= 0.6 is 0 Å². The number of carbonyl (C=O) groups excluding carboxylic acids is 1. The Bertz CT molecular complexity index is 1320. The second kappa shape index (κ2) is 8.70. The van der Waals surface area contributed by atoms with Crippen LogP contribution in [0.4, 0.5) is 10.6 Å². The molecule has 1 aromatic carbocycles. The van der Waals surface area contributed by atoms with Crippen molar-refractivity contribution in [2.75, 3.05) is 19.4 Å². The molecule has 10 nitrogen and oxygen atoms in total. The van der Waals surface area contributed by atoms with Gasteiger partial charge in [0.05, 0.1) is 18.2 Å². The van der Waals surface area contributed by atoms with Gasteiger partial charge in [-0.25, -0.2) is 24.0 Å². The van der Waals surface area contributed by atoms with Crippen LogP contribution in [-0.2, 0) is 11.3 Å². The Morgan fingerprint density at radius 2 is 1.97 bits per heavy atom. The number of benzene rings is 1. The fourth-order valence-electron chi connectivity index (χ4n) is 3.84. The molecule has 0 unspecified atom stereocenters. The van der Waals surface area contributed by atoms with Gasteiger partial charge in [0, 0.05) is 11.9 Å². The van der Waals surface area contributed by atoms with Crippen molar-refractivity contribution in [2.24, 2.45) is 5.73 Å². The lowest BCUT2D eigenvalue weighted by molar-refractivity contribution is 0.0546. The average Bonchev–Trinajstić information content (AvgIpc) is 3.32. The van der Waals surface area contributed by atoms with Gasteiger partial charge in [-0.1, -0.05) is 12.1 Å². The SMILES string of the molecule is COc1cccc2cc(-c3nn(CCCCN)c4ncnc(N)c34)n(C(=O)OC(C)(C)C)c12. The summed E-state index contributed by atoms with van der Waals surface area (Å²) >= 11 is 0. The summed E-state index contributed by atoms with van der Waals surface area (Å²) in [4.78, 5) is 22.0. The predicted octanol–water partition coefficient (Wildman–Crippen LogP) is 3.56. The number of unbranched alkanes of at least 4 members (excludes halogenated alkanes) is 1. The van der Waals surface area contributed by atoms with Crippen LogP contribution in [0, 0.1) is 0 Å². The molecule has 0 bridgehead atoms. The number of carbonyl (C=O) groups is 1. The molecule has 0 aliphatic rings. The van der Waals surface area contributed by atoms with Crippen LogP contribution in [-0.4, -0.2) is 49.7 Å². The molecule has 0 fully saturated rings. The van der Waals surface area contributed by atoms with Crippen molar-refractivity contribution < 1.29 is 14.3 Å². The Morgan fingerprint density at radius 1 is 1.18 bits per heavy atom. The number of methoxy groups -OCH3 is 1. The summed E-state index contributed by atoms with van der Waals surface area (Å²) in [6, 6.07) is 7.45. The zero-order valence-corrected chi connectivity index (χ0v) is 19.3. The minimum Gasteiger partial charge on any atom is -0.495 e. The number of aryl methyl sites for hydroxylation is 1. The van der Waals surface area contributed by atoms with E-state index in [1.54, 1.807) is 17.9 Å². The van der Waals surface area contributed by atoms with Crippen molar-refractivity contribution in [1.82, 2.24) is 24.3 Å². The van der Waals surface area contributed by atoms with Crippen LogP contribution in [0.15, 0.2) is 30.6 Å². The van der Waals surface area contributed by atoms with E-state index in [1.165, 1.54) is 10.9 Å². The van der Waals surface area contributed by atoms with Crippen LogP contribution in [0.25, 0.3) is 33.3 Å². The monoisotopic (exact) mass is 451 g/mol. The molecule has 0 aliphatic heterocycles.